The summed E-state index contributed by atoms with van der Waals surface area (Å²) in [6.07, 6.45) is 53.1. The summed E-state index contributed by atoms with van der Waals surface area (Å²) in [5.41, 5.74) is 5.35. The van der Waals surface area contributed by atoms with Crippen LogP contribution in [0.3, 0.4) is 0 Å². The zero-order valence-electron chi connectivity index (χ0n) is 38.0. The Hall–Kier alpha value is -2.03. The van der Waals surface area contributed by atoms with E-state index in [2.05, 4.69) is 62.5 Å². The third-order valence-corrected chi connectivity index (χ3v) is 11.2. The van der Waals surface area contributed by atoms with Gasteiger partial charge < -0.3 is 20.1 Å². The summed E-state index contributed by atoms with van der Waals surface area (Å²) < 4.78 is 32.8. The third kappa shape index (κ3) is 45.3. The van der Waals surface area contributed by atoms with Gasteiger partial charge >= 0.3 is 19.8 Å². The number of unbranched alkanes of at least 4 members (excludes halogenated alkanes) is 24. The van der Waals surface area contributed by atoms with Gasteiger partial charge in [-0.25, -0.2) is 4.57 Å². The molecule has 0 aromatic rings. The maximum absolute atomic E-state index is 12.6. The first-order valence-corrected chi connectivity index (χ1v) is 25.6. The van der Waals surface area contributed by atoms with Crippen molar-refractivity contribution in [2.24, 2.45) is 5.73 Å². The molecular weight excluding hydrogens is 762 g/mol. The van der Waals surface area contributed by atoms with Crippen LogP contribution in [-0.4, -0.2) is 49.3 Å². The summed E-state index contributed by atoms with van der Waals surface area (Å²) in [6.45, 7) is 3.59. The van der Waals surface area contributed by atoms with E-state index in [0.717, 1.165) is 64.2 Å². The van der Waals surface area contributed by atoms with Crippen molar-refractivity contribution in [3.63, 3.8) is 0 Å². The highest BCUT2D eigenvalue weighted by molar-refractivity contribution is 7.47. The quantitative estimate of drug-likeness (QED) is 0.0266. The van der Waals surface area contributed by atoms with Gasteiger partial charge in [0.15, 0.2) is 6.10 Å². The van der Waals surface area contributed by atoms with E-state index in [0.29, 0.717) is 12.8 Å². The zero-order valence-corrected chi connectivity index (χ0v) is 38.9. The average Bonchev–Trinajstić information content (AvgIpc) is 3.22. The lowest BCUT2D eigenvalue weighted by Gasteiger charge is -2.19. The van der Waals surface area contributed by atoms with Crippen LogP contribution in [0.2, 0.25) is 0 Å². The molecule has 0 aromatic carbocycles. The third-order valence-electron chi connectivity index (χ3n) is 10.2. The minimum absolute atomic E-state index is 0.0461. The van der Waals surface area contributed by atoms with E-state index in [9.17, 15) is 19.0 Å². The van der Waals surface area contributed by atoms with Crippen LogP contribution in [0, 0.1) is 0 Å². The van der Waals surface area contributed by atoms with Gasteiger partial charge in [0.2, 0.25) is 0 Å². The Morgan fingerprint density at radius 2 is 0.949 bits per heavy atom. The molecule has 0 saturated carbocycles. The Morgan fingerprint density at radius 1 is 0.525 bits per heavy atom. The Labute approximate surface area is 362 Å². The molecule has 0 amide bonds. The number of allylic oxidation sites excluding steroid dienone is 8. The van der Waals surface area contributed by atoms with Crippen LogP contribution < -0.4 is 5.73 Å². The maximum atomic E-state index is 12.6. The standard InChI is InChI=1S/C49H90NO8P/c1-3-5-7-9-11-13-15-17-19-20-21-22-23-24-25-26-28-29-31-33-35-37-39-41-48(51)55-45-47(46-57-59(53,54)56-44-43-50)58-49(52)42-40-38-36-34-32-30-27-18-16-14-12-10-8-6-4-2/h6,8,12,14,18,27,33,35,47H,3-5,7,9-11,13,15-17,19-26,28-32,34,36-46,50H2,1-2H3,(H,53,54)/b8-6+,14-12+,27-18+,35-33+/t47-/m0/s1. The second kappa shape index (κ2) is 45.5. The van der Waals surface area contributed by atoms with Gasteiger partial charge in [0.25, 0.3) is 0 Å². The van der Waals surface area contributed by atoms with Gasteiger partial charge in [-0.05, 0) is 64.2 Å². The van der Waals surface area contributed by atoms with Gasteiger partial charge in [0, 0.05) is 19.4 Å². The fourth-order valence-corrected chi connectivity index (χ4v) is 7.42. The minimum Gasteiger partial charge on any atom is -0.462 e. The molecule has 0 rings (SSSR count). The van der Waals surface area contributed by atoms with Gasteiger partial charge in [0.1, 0.15) is 6.61 Å². The fraction of sp³-hybridized carbons (Fsp3) is 0.796. The van der Waals surface area contributed by atoms with E-state index in [-0.39, 0.29) is 32.6 Å². The van der Waals surface area contributed by atoms with Gasteiger partial charge in [-0.1, -0.05) is 191 Å². The molecule has 0 aliphatic carbocycles. The van der Waals surface area contributed by atoms with Gasteiger partial charge in [-0.15, -0.1) is 0 Å². The van der Waals surface area contributed by atoms with Crippen LogP contribution in [0.25, 0.3) is 0 Å². The Morgan fingerprint density at radius 3 is 1.46 bits per heavy atom. The van der Waals surface area contributed by atoms with Gasteiger partial charge in [-0.3, -0.25) is 18.6 Å². The first kappa shape index (κ1) is 57.0. The molecular formula is C49H90NO8P. The second-order valence-corrected chi connectivity index (χ2v) is 17.4. The van der Waals surface area contributed by atoms with Crippen molar-refractivity contribution >= 4 is 19.8 Å². The van der Waals surface area contributed by atoms with Crippen molar-refractivity contribution in [2.75, 3.05) is 26.4 Å². The Balaban J connectivity index is 4.08. The SMILES string of the molecule is CC/C=C/C/C=C/C/C=C/CCCCCCCC(=O)O[C@@H](COC(=O)CCC/C=C/CCCCCCCCCCCCCCCCCCCC)COP(=O)(O)OCCN. The molecule has 0 spiro atoms. The lowest BCUT2D eigenvalue weighted by molar-refractivity contribution is -0.161. The van der Waals surface area contributed by atoms with Crippen LogP contribution in [0.15, 0.2) is 48.6 Å². The van der Waals surface area contributed by atoms with Crippen molar-refractivity contribution in [1.29, 1.82) is 0 Å². The van der Waals surface area contributed by atoms with E-state index >= 15 is 0 Å². The number of carbonyl (C=O) groups is 2. The van der Waals surface area contributed by atoms with Crippen LogP contribution in [-0.2, 0) is 32.7 Å². The molecule has 3 N–H and O–H groups in total. The predicted octanol–water partition coefficient (Wildman–Crippen LogP) is 14.3. The number of phosphoric ester groups is 1. The highest BCUT2D eigenvalue weighted by Crippen LogP contribution is 2.43. The van der Waals surface area contributed by atoms with Crippen LogP contribution >= 0.6 is 7.82 Å². The molecule has 344 valence electrons. The van der Waals surface area contributed by atoms with E-state index in [1.54, 1.807) is 0 Å². The molecule has 10 heteroatoms. The highest BCUT2D eigenvalue weighted by atomic mass is 31.2. The molecule has 1 unspecified atom stereocenters. The van der Waals surface area contributed by atoms with Crippen LogP contribution in [0.1, 0.15) is 219 Å². The Bertz CT molecular complexity index is 1110. The number of hydrogen-bond acceptors (Lipinski definition) is 8. The summed E-state index contributed by atoms with van der Waals surface area (Å²) in [5.74, 6) is -0.882. The minimum atomic E-state index is -4.39. The predicted molar refractivity (Wildman–Crippen MR) is 247 cm³/mol. The first-order valence-electron chi connectivity index (χ1n) is 24.1. The number of carbonyl (C=O) groups excluding carboxylic acids is 2. The van der Waals surface area contributed by atoms with E-state index < -0.39 is 32.5 Å². The lowest BCUT2D eigenvalue weighted by Crippen LogP contribution is -2.29. The molecule has 0 radical (unpaired) electrons. The normalized spacial score (nSPS) is 13.6. The van der Waals surface area contributed by atoms with Crippen molar-refractivity contribution in [1.82, 2.24) is 0 Å². The molecule has 9 nitrogen and oxygen atoms in total. The van der Waals surface area contributed by atoms with Crippen molar-refractivity contribution in [3.8, 4) is 0 Å². The molecule has 0 aliphatic rings. The van der Waals surface area contributed by atoms with Gasteiger partial charge in [-0.2, -0.15) is 0 Å². The first-order chi connectivity index (χ1) is 28.8. The van der Waals surface area contributed by atoms with Crippen molar-refractivity contribution in [2.45, 2.75) is 225 Å². The number of hydrogen-bond donors (Lipinski definition) is 2. The summed E-state index contributed by atoms with van der Waals surface area (Å²) in [4.78, 5) is 34.9. The second-order valence-electron chi connectivity index (χ2n) is 15.9. The highest BCUT2D eigenvalue weighted by Gasteiger charge is 2.26. The van der Waals surface area contributed by atoms with Gasteiger partial charge in [0.05, 0.1) is 13.2 Å². The summed E-state index contributed by atoms with van der Waals surface area (Å²) in [6, 6.07) is 0. The van der Waals surface area contributed by atoms with E-state index in [1.165, 1.54) is 116 Å². The molecule has 0 fully saturated rings. The van der Waals surface area contributed by atoms with Crippen molar-refractivity contribution in [3.05, 3.63) is 48.6 Å². The molecule has 0 heterocycles. The molecule has 0 bridgehead atoms. The monoisotopic (exact) mass is 852 g/mol. The number of esters is 2. The smallest absolute Gasteiger partial charge is 0.462 e. The fourth-order valence-electron chi connectivity index (χ4n) is 6.65. The number of phosphoric acid groups is 1. The van der Waals surface area contributed by atoms with Crippen molar-refractivity contribution < 1.29 is 37.6 Å². The summed E-state index contributed by atoms with van der Waals surface area (Å²) >= 11 is 0. The van der Waals surface area contributed by atoms with E-state index in [1.807, 2.05) is 0 Å². The van der Waals surface area contributed by atoms with E-state index in [4.69, 9.17) is 24.3 Å². The topological polar surface area (TPSA) is 134 Å². The largest absolute Gasteiger partial charge is 0.472 e. The number of ether oxygens (including phenoxy) is 2. The molecule has 2 atom stereocenters. The summed E-state index contributed by atoms with van der Waals surface area (Å²) in [5, 5.41) is 0. The number of nitrogens with two attached hydrogens (primary N) is 1. The Kier molecular flexibility index (Phi) is 43.9. The van der Waals surface area contributed by atoms with Crippen LogP contribution in [0.5, 0.6) is 0 Å². The molecule has 0 aromatic heterocycles. The van der Waals surface area contributed by atoms with Crippen LogP contribution in [0.4, 0.5) is 0 Å². The number of rotatable bonds is 45. The maximum Gasteiger partial charge on any atom is 0.472 e. The zero-order chi connectivity index (χ0) is 43.2. The molecule has 0 aliphatic heterocycles. The molecule has 59 heavy (non-hydrogen) atoms. The summed E-state index contributed by atoms with van der Waals surface area (Å²) in [7, 11) is -4.39. The lowest BCUT2D eigenvalue weighted by atomic mass is 10.0. The average molecular weight is 852 g/mol. The molecule has 0 saturated heterocycles.